The monoisotopic (exact) mass is 286 g/mol. The first kappa shape index (κ1) is 13.0. The van der Waals surface area contributed by atoms with Crippen LogP contribution in [0.3, 0.4) is 0 Å². The van der Waals surface area contributed by atoms with Crippen LogP contribution in [0.5, 0.6) is 0 Å². The number of rotatable bonds is 4. The van der Waals surface area contributed by atoms with Gasteiger partial charge in [0.25, 0.3) is 0 Å². The van der Waals surface area contributed by atoms with Crippen LogP contribution in [0.1, 0.15) is 24.2 Å². The maximum Gasteiger partial charge on any atom is 0.339 e. The Labute approximate surface area is 104 Å². The van der Waals surface area contributed by atoms with Gasteiger partial charge in [-0.3, -0.25) is 0 Å². The zero-order chi connectivity index (χ0) is 12.1. The molecule has 0 fully saturated rings. The largest absolute Gasteiger partial charge is 0.462 e. The van der Waals surface area contributed by atoms with Crippen LogP contribution in [-0.4, -0.2) is 24.6 Å². The molecule has 88 valence electrons. The molecule has 0 radical (unpaired) electrons. The molecule has 0 aliphatic heterocycles. The highest BCUT2D eigenvalue weighted by atomic mass is 79.9. The molecule has 0 atom stereocenters. The molecule has 0 unspecified atom stereocenters. The molecule has 1 rings (SSSR count). The first-order chi connectivity index (χ1) is 7.54. The number of pyridine rings is 1. The summed E-state index contributed by atoms with van der Waals surface area (Å²) >= 11 is 3.32. The van der Waals surface area contributed by atoms with Gasteiger partial charge in [0.2, 0.25) is 0 Å². The Balaban J connectivity index is 2.73. The molecule has 0 aromatic carbocycles. The Kier molecular flexibility index (Phi) is 4.73. The third-order valence-electron chi connectivity index (χ3n) is 1.86. The van der Waals surface area contributed by atoms with E-state index in [2.05, 4.69) is 26.2 Å². The standard InChI is InChI=1S/C11H15BrN2O2/c1-7(2)6-16-11(15)8-4-9(12)10(13-3)14-5-8/h4-5,7H,6H2,1-3H3,(H,13,14). The molecule has 1 N–H and O–H groups in total. The minimum Gasteiger partial charge on any atom is -0.462 e. The average molecular weight is 287 g/mol. The zero-order valence-electron chi connectivity index (χ0n) is 9.58. The molecule has 4 nitrogen and oxygen atoms in total. The van der Waals surface area contributed by atoms with Gasteiger partial charge in [-0.2, -0.15) is 0 Å². The third kappa shape index (κ3) is 3.48. The van der Waals surface area contributed by atoms with Crippen molar-refractivity contribution >= 4 is 27.7 Å². The van der Waals surface area contributed by atoms with Crippen LogP contribution in [0.25, 0.3) is 0 Å². The minimum absolute atomic E-state index is 0.330. The molecule has 0 amide bonds. The van der Waals surface area contributed by atoms with Gasteiger partial charge in [-0.1, -0.05) is 13.8 Å². The lowest BCUT2D eigenvalue weighted by Crippen LogP contribution is -2.10. The third-order valence-corrected chi connectivity index (χ3v) is 2.47. The van der Waals surface area contributed by atoms with Crippen molar-refractivity contribution in [3.05, 3.63) is 22.3 Å². The van der Waals surface area contributed by atoms with Crippen molar-refractivity contribution in [1.29, 1.82) is 0 Å². The summed E-state index contributed by atoms with van der Waals surface area (Å²) in [5, 5.41) is 2.90. The van der Waals surface area contributed by atoms with Crippen molar-refractivity contribution in [3.8, 4) is 0 Å². The number of carbonyl (C=O) groups is 1. The van der Waals surface area contributed by atoms with Crippen molar-refractivity contribution < 1.29 is 9.53 Å². The number of esters is 1. The summed E-state index contributed by atoms with van der Waals surface area (Å²) in [4.78, 5) is 15.7. The molecule has 1 heterocycles. The second-order valence-corrected chi connectivity index (χ2v) is 4.65. The summed E-state index contributed by atoms with van der Waals surface area (Å²) in [6.45, 7) is 4.40. The summed E-state index contributed by atoms with van der Waals surface area (Å²) in [7, 11) is 1.77. The SMILES string of the molecule is CNc1ncc(C(=O)OCC(C)C)cc1Br. The first-order valence-electron chi connectivity index (χ1n) is 5.05. The maximum absolute atomic E-state index is 11.6. The molecule has 5 heteroatoms. The zero-order valence-corrected chi connectivity index (χ0v) is 11.2. The molecular weight excluding hydrogens is 272 g/mol. The molecule has 0 aliphatic rings. The van der Waals surface area contributed by atoms with Crippen molar-refractivity contribution in [1.82, 2.24) is 4.98 Å². The number of hydrogen-bond acceptors (Lipinski definition) is 4. The van der Waals surface area contributed by atoms with Gasteiger partial charge in [-0.25, -0.2) is 9.78 Å². The van der Waals surface area contributed by atoms with Crippen molar-refractivity contribution in [3.63, 3.8) is 0 Å². The molecule has 0 spiro atoms. The fourth-order valence-electron chi connectivity index (χ4n) is 1.06. The number of nitrogens with one attached hydrogen (secondary N) is 1. The molecule has 1 aromatic rings. The molecule has 16 heavy (non-hydrogen) atoms. The number of carbonyl (C=O) groups excluding carboxylic acids is 1. The van der Waals surface area contributed by atoms with E-state index in [1.54, 1.807) is 13.1 Å². The summed E-state index contributed by atoms with van der Waals surface area (Å²) in [5.41, 5.74) is 0.450. The number of halogens is 1. The van der Waals surface area contributed by atoms with Crippen LogP contribution in [-0.2, 0) is 4.74 Å². The second kappa shape index (κ2) is 5.84. The highest BCUT2D eigenvalue weighted by molar-refractivity contribution is 9.10. The van der Waals surface area contributed by atoms with Gasteiger partial charge in [0.15, 0.2) is 0 Å². The van der Waals surface area contributed by atoms with Crippen molar-refractivity contribution in [2.45, 2.75) is 13.8 Å². The van der Waals surface area contributed by atoms with Gasteiger partial charge in [-0.05, 0) is 27.9 Å². The fraction of sp³-hybridized carbons (Fsp3) is 0.455. The number of nitrogens with zero attached hydrogens (tertiary/aromatic N) is 1. The molecule has 0 saturated carbocycles. The fourth-order valence-corrected chi connectivity index (χ4v) is 1.61. The first-order valence-corrected chi connectivity index (χ1v) is 5.84. The predicted octanol–water partition coefficient (Wildman–Crippen LogP) is 2.70. The van der Waals surface area contributed by atoms with Crippen LogP contribution in [0.4, 0.5) is 5.82 Å². The van der Waals surface area contributed by atoms with E-state index in [0.717, 1.165) is 4.47 Å². The lowest BCUT2D eigenvalue weighted by atomic mass is 10.2. The second-order valence-electron chi connectivity index (χ2n) is 3.80. The van der Waals surface area contributed by atoms with E-state index in [9.17, 15) is 4.79 Å². The average Bonchev–Trinajstić information content (AvgIpc) is 2.25. The number of hydrogen-bond donors (Lipinski definition) is 1. The molecular formula is C11H15BrN2O2. The number of aromatic nitrogens is 1. The normalized spacial score (nSPS) is 10.3. The Morgan fingerprint density at radius 1 is 1.62 bits per heavy atom. The van der Waals surface area contributed by atoms with E-state index < -0.39 is 0 Å². The highest BCUT2D eigenvalue weighted by Crippen LogP contribution is 2.20. The van der Waals surface area contributed by atoms with E-state index in [1.165, 1.54) is 6.20 Å². The number of ether oxygens (including phenoxy) is 1. The van der Waals surface area contributed by atoms with E-state index in [-0.39, 0.29) is 5.97 Å². The Morgan fingerprint density at radius 2 is 2.31 bits per heavy atom. The van der Waals surface area contributed by atoms with Gasteiger partial charge in [0.05, 0.1) is 16.6 Å². The summed E-state index contributed by atoms with van der Waals surface area (Å²) < 4.78 is 5.84. The molecule has 0 bridgehead atoms. The smallest absolute Gasteiger partial charge is 0.339 e. The highest BCUT2D eigenvalue weighted by Gasteiger charge is 2.10. The Hall–Kier alpha value is -1.10. The quantitative estimate of drug-likeness (QED) is 0.865. The van der Waals surface area contributed by atoms with Crippen LogP contribution in [0, 0.1) is 5.92 Å². The minimum atomic E-state index is -0.343. The molecule has 0 saturated heterocycles. The molecule has 1 aromatic heterocycles. The van der Waals surface area contributed by atoms with Crippen LogP contribution < -0.4 is 5.32 Å². The van der Waals surface area contributed by atoms with Crippen LogP contribution in [0.2, 0.25) is 0 Å². The lowest BCUT2D eigenvalue weighted by molar-refractivity contribution is 0.0458. The van der Waals surface area contributed by atoms with Crippen molar-refractivity contribution in [2.24, 2.45) is 5.92 Å². The number of anilines is 1. The lowest BCUT2D eigenvalue weighted by Gasteiger charge is -2.08. The van der Waals surface area contributed by atoms with E-state index >= 15 is 0 Å². The summed E-state index contributed by atoms with van der Waals surface area (Å²) in [6.07, 6.45) is 1.50. The van der Waals surface area contributed by atoms with Gasteiger partial charge >= 0.3 is 5.97 Å². The maximum atomic E-state index is 11.6. The topological polar surface area (TPSA) is 51.2 Å². The van der Waals surface area contributed by atoms with Gasteiger partial charge in [0, 0.05) is 13.2 Å². The molecule has 0 aliphatic carbocycles. The summed E-state index contributed by atoms with van der Waals surface area (Å²) in [6, 6.07) is 1.70. The van der Waals surface area contributed by atoms with E-state index in [4.69, 9.17) is 4.74 Å². The van der Waals surface area contributed by atoms with Gasteiger partial charge < -0.3 is 10.1 Å². The van der Waals surface area contributed by atoms with E-state index in [1.807, 2.05) is 13.8 Å². The van der Waals surface area contributed by atoms with Gasteiger partial charge in [0.1, 0.15) is 5.82 Å². The van der Waals surface area contributed by atoms with Gasteiger partial charge in [-0.15, -0.1) is 0 Å². The summed E-state index contributed by atoms with van der Waals surface area (Å²) in [5.74, 6) is 0.682. The Morgan fingerprint density at radius 3 is 2.81 bits per heavy atom. The van der Waals surface area contributed by atoms with E-state index in [0.29, 0.717) is 23.9 Å². The van der Waals surface area contributed by atoms with Crippen LogP contribution in [0.15, 0.2) is 16.7 Å². The van der Waals surface area contributed by atoms with Crippen LogP contribution >= 0.6 is 15.9 Å². The predicted molar refractivity (Wildman–Crippen MR) is 66.6 cm³/mol. The van der Waals surface area contributed by atoms with Crippen molar-refractivity contribution in [2.75, 3.05) is 19.0 Å². The Bertz CT molecular complexity index is 380.